The quantitative estimate of drug-likeness (QED) is 0.0255. The Morgan fingerprint density at radius 1 is 0.427 bits per heavy atom. The number of Topliss-reactive ketones (excluding diaryl/α,β-unsaturated/α-hetero) is 2. The Balaban J connectivity index is -0.000000232. The van der Waals surface area contributed by atoms with E-state index in [0.717, 1.165) is 102 Å². The van der Waals surface area contributed by atoms with E-state index in [4.69, 9.17) is 19.3 Å². The van der Waals surface area contributed by atoms with Crippen LogP contribution in [0.5, 0.6) is 0 Å². The van der Waals surface area contributed by atoms with Gasteiger partial charge in [0.05, 0.1) is 26.2 Å². The van der Waals surface area contributed by atoms with Gasteiger partial charge in [-0.1, -0.05) is 244 Å². The second-order valence-electron chi connectivity index (χ2n) is 23.6. The lowest BCUT2D eigenvalue weighted by Crippen LogP contribution is -2.20. The van der Waals surface area contributed by atoms with Crippen LogP contribution in [-0.2, 0) is 47.8 Å². The summed E-state index contributed by atoms with van der Waals surface area (Å²) >= 11 is 0. The topological polar surface area (TPSA) is 179 Å². The van der Waals surface area contributed by atoms with E-state index in [2.05, 4.69) is 67.6 Å². The minimum absolute atomic E-state index is 0.0686. The number of rotatable bonds is 50. The minimum atomic E-state index is -0.819. The Bertz CT molecular complexity index is 1340. The lowest BCUT2D eigenvalue weighted by atomic mass is 9.92. The van der Waals surface area contributed by atoms with Crippen LogP contribution in [0.15, 0.2) is 0 Å². The molecule has 0 radical (unpaired) electrons. The molecule has 0 aliphatic heterocycles. The van der Waals surface area contributed by atoms with Crippen molar-refractivity contribution in [2.45, 2.75) is 347 Å². The molecule has 0 aromatic carbocycles. The molecule has 490 valence electrons. The van der Waals surface area contributed by atoms with Crippen molar-refractivity contribution in [2.75, 3.05) is 33.4 Å². The maximum absolute atomic E-state index is 11.8. The Morgan fingerprint density at radius 2 is 0.756 bits per heavy atom. The molecule has 0 fully saturated rings. The van der Waals surface area contributed by atoms with Gasteiger partial charge in [0.15, 0.2) is 0 Å². The second kappa shape index (κ2) is 75.9. The first-order chi connectivity index (χ1) is 39.2. The maximum Gasteiger partial charge on any atom is 0.305 e. The summed E-state index contributed by atoms with van der Waals surface area (Å²) in [6.07, 6.45) is 42.6. The number of carbonyl (C=O) groups excluding carboxylic acids is 6. The summed E-state index contributed by atoms with van der Waals surface area (Å²) in [5.74, 6) is 1.02. The number of nitrogens with one attached hydrogen (secondary N) is 1. The number of aldehydes is 1. The Labute approximate surface area is 508 Å². The van der Waals surface area contributed by atoms with Crippen LogP contribution in [0.2, 0.25) is 0 Å². The molecule has 2 N–H and O–H groups in total. The summed E-state index contributed by atoms with van der Waals surface area (Å²) in [5, 5.41) is 11.9. The van der Waals surface area contributed by atoms with Gasteiger partial charge < -0.3 is 39.0 Å². The van der Waals surface area contributed by atoms with Crippen molar-refractivity contribution < 1.29 is 52.9 Å². The van der Waals surface area contributed by atoms with E-state index in [1.54, 1.807) is 13.8 Å². The highest BCUT2D eigenvalue weighted by Crippen LogP contribution is 2.20. The minimum Gasteiger partial charge on any atom is -0.481 e. The number of ether oxygens (including phenoxy) is 3. The van der Waals surface area contributed by atoms with Crippen LogP contribution in [-0.4, -0.2) is 80.2 Å². The van der Waals surface area contributed by atoms with E-state index in [-0.39, 0.29) is 54.5 Å². The van der Waals surface area contributed by atoms with Crippen molar-refractivity contribution in [3.8, 4) is 0 Å². The number of unbranched alkanes of at least 4 members (excludes halogenated alkanes) is 22. The molecule has 0 saturated carbocycles. The van der Waals surface area contributed by atoms with E-state index in [1.165, 1.54) is 135 Å². The molecule has 12 heteroatoms. The van der Waals surface area contributed by atoms with Gasteiger partial charge in [0.25, 0.3) is 0 Å². The largest absolute Gasteiger partial charge is 0.481 e. The lowest BCUT2D eigenvalue weighted by Gasteiger charge is -2.18. The van der Waals surface area contributed by atoms with Gasteiger partial charge in [-0.15, -0.1) is 0 Å². The SMILES string of the molecule is CCC(C)C=O.CCCCCC(C)C.CCCCCCCCC(=O)OCC(CC(=O)O)CC(C)CC.CCCCCCCCC(=O)OCC(CC)COC(=O)CCCCCCCC.CCCCCCCCC(C)=O.CNCCCC(C)=O. The molecule has 3 unspecified atom stereocenters. The Kier molecular flexibility index (Phi) is 83.3. The molecule has 0 amide bonds. The van der Waals surface area contributed by atoms with E-state index in [9.17, 15) is 33.6 Å². The van der Waals surface area contributed by atoms with Crippen LogP contribution in [0.4, 0.5) is 0 Å². The molecule has 0 aliphatic rings. The third-order valence-electron chi connectivity index (χ3n) is 14.2. The summed E-state index contributed by atoms with van der Waals surface area (Å²) < 4.78 is 16.0. The van der Waals surface area contributed by atoms with Gasteiger partial charge in [0.1, 0.15) is 17.9 Å². The zero-order chi connectivity index (χ0) is 63.3. The van der Waals surface area contributed by atoms with Crippen LogP contribution >= 0.6 is 0 Å². The van der Waals surface area contributed by atoms with E-state index < -0.39 is 5.97 Å². The van der Waals surface area contributed by atoms with E-state index >= 15 is 0 Å². The van der Waals surface area contributed by atoms with Crippen molar-refractivity contribution in [3.05, 3.63) is 0 Å². The van der Waals surface area contributed by atoms with Gasteiger partial charge in [0, 0.05) is 49.9 Å². The summed E-state index contributed by atoms with van der Waals surface area (Å²) in [6, 6.07) is 0. The maximum atomic E-state index is 11.8. The Morgan fingerprint density at radius 3 is 1.04 bits per heavy atom. The summed E-state index contributed by atoms with van der Waals surface area (Å²) in [7, 11) is 1.89. The number of hydrogen-bond donors (Lipinski definition) is 2. The summed E-state index contributed by atoms with van der Waals surface area (Å²) in [4.78, 5) is 76.8. The number of ketones is 2. The number of hydrogen-bond acceptors (Lipinski definition) is 11. The third kappa shape index (κ3) is 90.6. The van der Waals surface area contributed by atoms with Crippen molar-refractivity contribution in [3.63, 3.8) is 0 Å². The second-order valence-corrected chi connectivity index (χ2v) is 23.6. The molecule has 0 spiro atoms. The van der Waals surface area contributed by atoms with Crippen LogP contribution in [0.3, 0.4) is 0 Å². The van der Waals surface area contributed by atoms with Crippen molar-refractivity contribution in [1.29, 1.82) is 0 Å². The molecule has 0 heterocycles. The van der Waals surface area contributed by atoms with Gasteiger partial charge in [-0.25, -0.2) is 0 Å². The predicted octanol–water partition coefficient (Wildman–Crippen LogP) is 19.8. The fraction of sp³-hybridized carbons (Fsp3) is 0.900. The normalized spacial score (nSPS) is 11.5. The highest BCUT2D eigenvalue weighted by atomic mass is 16.5. The van der Waals surface area contributed by atoms with Crippen LogP contribution in [0.1, 0.15) is 347 Å². The van der Waals surface area contributed by atoms with E-state index in [0.29, 0.717) is 50.6 Å². The highest BCUT2D eigenvalue weighted by Gasteiger charge is 2.18. The molecule has 0 saturated heterocycles. The molecule has 0 aromatic rings. The van der Waals surface area contributed by atoms with Crippen LogP contribution < -0.4 is 5.32 Å². The molecule has 12 nitrogen and oxygen atoms in total. The number of carbonyl (C=O) groups is 7. The van der Waals surface area contributed by atoms with Gasteiger partial charge in [-0.05, 0) is 90.6 Å². The molecular weight excluding hydrogens is 1030 g/mol. The molecule has 0 aliphatic carbocycles. The highest BCUT2D eigenvalue weighted by molar-refractivity contribution is 5.75. The summed E-state index contributed by atoms with van der Waals surface area (Å²) in [5.41, 5.74) is 0. The zero-order valence-corrected chi connectivity index (χ0v) is 56.9. The smallest absolute Gasteiger partial charge is 0.305 e. The first-order valence-electron chi connectivity index (χ1n) is 34.0. The average molecular weight is 1170 g/mol. The van der Waals surface area contributed by atoms with Crippen LogP contribution in [0, 0.1) is 29.6 Å². The first kappa shape index (κ1) is 90.0. The standard InChI is InChI=1S/C23H44O4.C18H34O4.C10H20O.C8H18.C6H13NO.C5H10O/c1-4-7-9-11-13-15-17-22(24)26-19-21(6-3)20-27-23(25)18-16-14-12-10-8-5-2;1-4-6-7-8-9-10-11-18(21)22-14-16(13-17(19)20)12-15(3)5-2;1-3-4-5-6-7-8-9-10(2)11;1-4-5-6-7-8(2)3;1-6(8)4-3-5-7-2;1-3-5(2)4-6/h21H,4-20H2,1-3H3;15-16H,4-14H2,1-3H3,(H,19,20);3-9H2,1-2H3;8H,4-7H2,1-3H3;7H,3-5H2,1-2H3;4-5H,3H2,1-2H3. The fourth-order valence-corrected chi connectivity index (χ4v) is 8.04. The predicted molar refractivity (Wildman–Crippen MR) is 347 cm³/mol. The van der Waals surface area contributed by atoms with Gasteiger partial charge in [-0.3, -0.25) is 19.2 Å². The fourth-order valence-electron chi connectivity index (χ4n) is 8.04. The monoisotopic (exact) mass is 1170 g/mol. The lowest BCUT2D eigenvalue weighted by molar-refractivity contribution is -0.149. The van der Waals surface area contributed by atoms with Gasteiger partial charge in [-0.2, -0.15) is 0 Å². The molecule has 3 atom stereocenters. The van der Waals surface area contributed by atoms with Gasteiger partial charge in [0.2, 0.25) is 0 Å². The first-order valence-corrected chi connectivity index (χ1v) is 34.0. The zero-order valence-electron chi connectivity index (χ0n) is 56.9. The van der Waals surface area contributed by atoms with Crippen molar-refractivity contribution >= 4 is 41.7 Å². The van der Waals surface area contributed by atoms with Crippen molar-refractivity contribution in [2.24, 2.45) is 29.6 Å². The van der Waals surface area contributed by atoms with Crippen LogP contribution in [0.25, 0.3) is 0 Å². The molecule has 82 heavy (non-hydrogen) atoms. The Hall–Kier alpha value is -3.15. The molecule has 0 bridgehead atoms. The number of aliphatic carboxylic acids is 1. The molecular formula is C70H139NO11. The number of esters is 3. The van der Waals surface area contributed by atoms with Gasteiger partial charge >= 0.3 is 23.9 Å². The number of carboxylic acid groups (broad SMARTS) is 1. The third-order valence-corrected chi connectivity index (χ3v) is 14.2. The molecule has 0 rings (SSSR count). The summed E-state index contributed by atoms with van der Waals surface area (Å²) in [6.45, 7) is 31.0. The average Bonchev–Trinajstić information content (AvgIpc) is 3.44. The van der Waals surface area contributed by atoms with Crippen molar-refractivity contribution in [1.82, 2.24) is 5.32 Å². The molecule has 0 aromatic heterocycles. The number of carboxylic acids is 1. The van der Waals surface area contributed by atoms with E-state index in [1.807, 2.05) is 27.8 Å².